The fraction of sp³-hybridized carbons (Fsp3) is 0.500. The molecule has 0 saturated carbocycles. The van der Waals surface area contributed by atoms with Gasteiger partial charge in [0, 0.05) is 34.4 Å². The molecule has 2 N–H and O–H groups in total. The van der Waals surface area contributed by atoms with Gasteiger partial charge in [0.15, 0.2) is 10.8 Å². The summed E-state index contributed by atoms with van der Waals surface area (Å²) in [6.07, 6.45) is -0.450. The maximum absolute atomic E-state index is 15.6. The number of carbonyl (C=O) groups is 2. The van der Waals surface area contributed by atoms with Crippen LogP contribution in [0.25, 0.3) is 0 Å². The number of ether oxygens (including phenoxy) is 1. The van der Waals surface area contributed by atoms with Crippen LogP contribution < -0.4 is 5.32 Å². The molecule has 0 radical (unpaired) electrons. The number of fused-ring (bicyclic) bond motifs is 1. The Morgan fingerprint density at radius 3 is 2.75 bits per heavy atom. The minimum atomic E-state index is -3.38. The number of amidine groups is 1. The van der Waals surface area contributed by atoms with Crippen LogP contribution >= 0.6 is 22.9 Å². The predicted octanol–water partition coefficient (Wildman–Crippen LogP) is 4.23. The number of thiazole rings is 1. The zero-order valence-electron chi connectivity index (χ0n) is 23.9. The Hall–Kier alpha value is -3.11. The highest BCUT2D eigenvalue weighted by molar-refractivity contribution is 7.11. The van der Waals surface area contributed by atoms with Gasteiger partial charge in [-0.2, -0.15) is 5.06 Å². The first-order valence-corrected chi connectivity index (χ1v) is 15.0. The van der Waals surface area contributed by atoms with Gasteiger partial charge in [0.05, 0.1) is 43.3 Å². The summed E-state index contributed by atoms with van der Waals surface area (Å²) in [5.41, 5.74) is -1.35. The monoisotopic (exact) mass is 659 g/mol. The Kier molecular flexibility index (Phi) is 9.06. The third-order valence-electron chi connectivity index (χ3n) is 7.95. The Labute approximate surface area is 259 Å². The molecule has 238 valence electrons. The molecule has 44 heavy (non-hydrogen) atoms. The summed E-state index contributed by atoms with van der Waals surface area (Å²) in [5.74, 6) is -5.91. The van der Waals surface area contributed by atoms with E-state index in [1.54, 1.807) is 18.5 Å². The van der Waals surface area contributed by atoms with Crippen LogP contribution in [0.15, 0.2) is 46.0 Å². The molecule has 0 aliphatic carbocycles. The number of aliphatic carboxylic acids is 1. The number of aromatic nitrogens is 1. The number of hydrogen-bond acceptors (Lipinski definition) is 10. The number of carboxylic acid groups (broad SMARTS) is 1. The van der Waals surface area contributed by atoms with Gasteiger partial charge in [-0.3, -0.25) is 19.5 Å². The summed E-state index contributed by atoms with van der Waals surface area (Å²) in [7, 11) is 0. The average Bonchev–Trinajstić information content (AvgIpc) is 3.68. The van der Waals surface area contributed by atoms with E-state index < -0.39 is 66.5 Å². The van der Waals surface area contributed by atoms with E-state index in [0.717, 1.165) is 11.1 Å². The van der Waals surface area contributed by atoms with Crippen molar-refractivity contribution >= 4 is 40.7 Å². The lowest BCUT2D eigenvalue weighted by molar-refractivity contribution is -0.196. The summed E-state index contributed by atoms with van der Waals surface area (Å²) in [5, 5.41) is 15.5. The van der Waals surface area contributed by atoms with Crippen LogP contribution in [0.5, 0.6) is 0 Å². The second-order valence-electron chi connectivity index (χ2n) is 11.2. The molecule has 0 bridgehead atoms. The molecule has 2 aromatic rings. The SMILES string of the molecule is CCOC(=O)C1=C(CN2CC(F)(F)[C@@H]3[C@H]2CON3C[C@@H](F)C(C)(C)C(=O)O)NC(c2nccs2)=N[C@H]1c1ccc(F)cc1Cl. The second-order valence-corrected chi connectivity index (χ2v) is 12.5. The van der Waals surface area contributed by atoms with E-state index in [4.69, 9.17) is 21.2 Å². The Morgan fingerprint density at radius 1 is 1.36 bits per heavy atom. The van der Waals surface area contributed by atoms with Gasteiger partial charge in [0.25, 0.3) is 5.92 Å². The first kappa shape index (κ1) is 32.3. The largest absolute Gasteiger partial charge is 0.481 e. The van der Waals surface area contributed by atoms with Crippen molar-refractivity contribution < 1.29 is 41.8 Å². The van der Waals surface area contributed by atoms with Crippen LogP contribution in [0.1, 0.15) is 37.4 Å². The molecule has 5 rings (SSSR count). The summed E-state index contributed by atoms with van der Waals surface area (Å²) in [6.45, 7) is 2.10. The molecule has 0 spiro atoms. The number of nitrogens with one attached hydrogen (secondary N) is 1. The second kappa shape index (κ2) is 12.4. The van der Waals surface area contributed by atoms with Gasteiger partial charge in [0.2, 0.25) is 0 Å². The number of rotatable bonds is 10. The van der Waals surface area contributed by atoms with E-state index in [9.17, 15) is 19.1 Å². The zero-order chi connectivity index (χ0) is 32.0. The van der Waals surface area contributed by atoms with Gasteiger partial charge in [-0.25, -0.2) is 27.3 Å². The highest BCUT2D eigenvalue weighted by Gasteiger charge is 2.61. The first-order chi connectivity index (χ1) is 20.7. The lowest BCUT2D eigenvalue weighted by atomic mass is 9.87. The van der Waals surface area contributed by atoms with E-state index in [1.807, 2.05) is 0 Å². The molecule has 1 aromatic carbocycles. The van der Waals surface area contributed by atoms with Crippen LogP contribution in [0.3, 0.4) is 0 Å². The van der Waals surface area contributed by atoms with E-state index in [1.165, 1.54) is 42.2 Å². The molecule has 3 aliphatic rings. The summed E-state index contributed by atoms with van der Waals surface area (Å²) in [6, 6.07) is 0.0533. The number of alkyl halides is 3. The zero-order valence-corrected chi connectivity index (χ0v) is 25.5. The molecular formula is C28H30ClF4N5O5S. The van der Waals surface area contributed by atoms with Crippen molar-refractivity contribution in [1.82, 2.24) is 20.3 Å². The maximum Gasteiger partial charge on any atom is 0.338 e. The van der Waals surface area contributed by atoms with Crippen LogP contribution in [0.4, 0.5) is 17.6 Å². The van der Waals surface area contributed by atoms with Gasteiger partial charge in [-0.1, -0.05) is 17.7 Å². The number of hydroxylamine groups is 2. The lowest BCUT2D eigenvalue weighted by Gasteiger charge is -2.31. The number of carbonyl (C=O) groups excluding carboxylic acids is 1. The third-order valence-corrected chi connectivity index (χ3v) is 9.06. The molecule has 16 heteroatoms. The molecule has 3 aliphatic heterocycles. The highest BCUT2D eigenvalue weighted by atomic mass is 35.5. The van der Waals surface area contributed by atoms with E-state index in [0.29, 0.717) is 10.6 Å². The Balaban J connectivity index is 1.51. The molecule has 1 aromatic heterocycles. The molecule has 2 fully saturated rings. The van der Waals surface area contributed by atoms with E-state index in [2.05, 4.69) is 15.3 Å². The normalized spacial score (nSPS) is 24.5. The molecular weight excluding hydrogens is 630 g/mol. The fourth-order valence-corrected chi connectivity index (χ4v) is 6.30. The molecule has 4 heterocycles. The van der Waals surface area contributed by atoms with Crippen LogP contribution in [0.2, 0.25) is 5.02 Å². The first-order valence-electron chi connectivity index (χ1n) is 13.7. The molecule has 10 nitrogen and oxygen atoms in total. The van der Waals surface area contributed by atoms with Gasteiger partial charge < -0.3 is 15.2 Å². The number of esters is 1. The smallest absolute Gasteiger partial charge is 0.338 e. The predicted molar refractivity (Wildman–Crippen MR) is 153 cm³/mol. The summed E-state index contributed by atoms with van der Waals surface area (Å²) in [4.78, 5) is 40.8. The van der Waals surface area contributed by atoms with Crippen molar-refractivity contribution in [3.63, 3.8) is 0 Å². The minimum Gasteiger partial charge on any atom is -0.481 e. The molecule has 4 atom stereocenters. The molecule has 0 unspecified atom stereocenters. The van der Waals surface area contributed by atoms with Crippen molar-refractivity contribution in [2.24, 2.45) is 10.4 Å². The molecule has 0 amide bonds. The number of carboxylic acids is 1. The summed E-state index contributed by atoms with van der Waals surface area (Å²) >= 11 is 7.65. The number of halogens is 5. The van der Waals surface area contributed by atoms with Crippen molar-refractivity contribution in [1.29, 1.82) is 0 Å². The van der Waals surface area contributed by atoms with E-state index in [-0.39, 0.29) is 41.9 Å². The number of likely N-dealkylation sites (tertiary alicyclic amines) is 1. The quantitative estimate of drug-likeness (QED) is 0.286. The Morgan fingerprint density at radius 2 is 2.11 bits per heavy atom. The number of hydrogen-bond donors (Lipinski definition) is 2. The number of aliphatic imine (C=N–C) groups is 1. The van der Waals surface area contributed by atoms with Crippen molar-refractivity contribution in [2.45, 2.75) is 51.0 Å². The maximum atomic E-state index is 15.6. The lowest BCUT2D eigenvalue weighted by Crippen LogP contribution is -2.50. The fourth-order valence-electron chi connectivity index (χ4n) is 5.44. The van der Waals surface area contributed by atoms with Crippen LogP contribution in [0, 0.1) is 11.2 Å². The average molecular weight is 660 g/mol. The van der Waals surface area contributed by atoms with Crippen molar-refractivity contribution in [3.05, 3.63) is 62.5 Å². The number of benzene rings is 1. The molecule has 2 saturated heterocycles. The minimum absolute atomic E-state index is 0.00189. The van der Waals surface area contributed by atoms with E-state index >= 15 is 13.2 Å². The standard InChI is InChI=1S/C28H30ClF4N5O5S/c1-4-42-25(39)20-17(35-23(24-34-7-8-44-24)36-21(20)15-6-5-14(30)9-16(15)29)10-37-13-28(32,33)22-18(37)12-43-38(22)11-19(31)27(2,3)26(40)41/h5-9,18-19,21-22H,4,10-13H2,1-3H3,(H,35,36)(H,40,41)/t18-,19-,21+,22+/m1/s1. The van der Waals surface area contributed by atoms with Gasteiger partial charge >= 0.3 is 11.9 Å². The highest BCUT2D eigenvalue weighted by Crippen LogP contribution is 2.43. The van der Waals surface area contributed by atoms with Crippen molar-refractivity contribution in [3.8, 4) is 0 Å². The van der Waals surface area contributed by atoms with Gasteiger partial charge in [-0.05, 0) is 32.9 Å². The number of nitrogens with zero attached hydrogens (tertiary/aromatic N) is 4. The van der Waals surface area contributed by atoms with Crippen molar-refractivity contribution in [2.75, 3.05) is 32.8 Å². The third kappa shape index (κ3) is 6.07. The summed E-state index contributed by atoms with van der Waals surface area (Å²) < 4.78 is 65.4. The van der Waals surface area contributed by atoms with Crippen LogP contribution in [-0.2, 0) is 19.2 Å². The van der Waals surface area contributed by atoms with Crippen LogP contribution in [-0.4, -0.2) is 94.9 Å². The van der Waals surface area contributed by atoms with Gasteiger partial charge in [-0.15, -0.1) is 11.3 Å². The topological polar surface area (TPSA) is 117 Å². The Bertz CT molecular complexity index is 1490. The van der Waals surface area contributed by atoms with Gasteiger partial charge in [0.1, 0.15) is 24.1 Å².